The van der Waals surface area contributed by atoms with E-state index in [2.05, 4.69) is 21.1 Å². The van der Waals surface area contributed by atoms with Gasteiger partial charge in [0.15, 0.2) is 5.65 Å². The Labute approximate surface area is 183 Å². The monoisotopic (exact) mass is 432 g/mol. The molecule has 0 atom stereocenters. The normalized spacial score (nSPS) is 15.0. The smallest absolute Gasteiger partial charge is 0.237 e. The molecule has 1 N–H and O–H groups in total. The van der Waals surface area contributed by atoms with E-state index in [0.29, 0.717) is 36.0 Å². The summed E-state index contributed by atoms with van der Waals surface area (Å²) in [5.41, 5.74) is 2.84. The molecule has 0 spiro atoms. The van der Waals surface area contributed by atoms with Crippen LogP contribution in [-0.4, -0.2) is 47.4 Å². The SMILES string of the molecule is C=C(F)/C=C\c1cn(-c2ncc3nc(-c4ccc(O)cc4)n(C4CCOCC4)c3n2)cn1. The summed E-state index contributed by atoms with van der Waals surface area (Å²) in [6, 6.07) is 7.15. The van der Waals surface area contributed by atoms with Crippen molar-refractivity contribution in [3.05, 3.63) is 67.2 Å². The first-order valence-electron chi connectivity index (χ1n) is 10.3. The maximum Gasteiger partial charge on any atom is 0.237 e. The lowest BCUT2D eigenvalue weighted by atomic mass is 10.1. The fourth-order valence-corrected chi connectivity index (χ4v) is 3.82. The van der Waals surface area contributed by atoms with Crippen molar-refractivity contribution in [2.45, 2.75) is 18.9 Å². The summed E-state index contributed by atoms with van der Waals surface area (Å²) in [5, 5.41) is 9.69. The zero-order valence-corrected chi connectivity index (χ0v) is 17.2. The summed E-state index contributed by atoms with van der Waals surface area (Å²) in [4.78, 5) is 18.3. The summed E-state index contributed by atoms with van der Waals surface area (Å²) >= 11 is 0. The van der Waals surface area contributed by atoms with E-state index >= 15 is 0 Å². The van der Waals surface area contributed by atoms with Crippen LogP contribution in [0.25, 0.3) is 34.6 Å². The highest BCUT2D eigenvalue weighted by Gasteiger charge is 2.24. The molecule has 3 aromatic heterocycles. The number of aromatic hydroxyl groups is 1. The number of rotatable bonds is 5. The number of hydrogen-bond donors (Lipinski definition) is 1. The zero-order chi connectivity index (χ0) is 22.1. The molecule has 0 saturated carbocycles. The van der Waals surface area contributed by atoms with Gasteiger partial charge in [0.2, 0.25) is 5.95 Å². The molecule has 0 aliphatic carbocycles. The van der Waals surface area contributed by atoms with E-state index in [4.69, 9.17) is 14.7 Å². The van der Waals surface area contributed by atoms with Crippen LogP contribution in [0.4, 0.5) is 4.39 Å². The second-order valence-corrected chi connectivity index (χ2v) is 7.56. The van der Waals surface area contributed by atoms with E-state index in [1.165, 1.54) is 12.2 Å². The molecule has 0 amide bonds. The van der Waals surface area contributed by atoms with Crippen LogP contribution in [0.2, 0.25) is 0 Å². The fourth-order valence-electron chi connectivity index (χ4n) is 3.82. The molecule has 5 rings (SSSR count). The molecule has 32 heavy (non-hydrogen) atoms. The fraction of sp³-hybridized carbons (Fsp3) is 0.217. The van der Waals surface area contributed by atoms with Gasteiger partial charge < -0.3 is 14.4 Å². The van der Waals surface area contributed by atoms with Gasteiger partial charge in [-0.05, 0) is 49.3 Å². The van der Waals surface area contributed by atoms with E-state index in [1.807, 2.05) is 12.1 Å². The van der Waals surface area contributed by atoms with E-state index in [-0.39, 0.29) is 11.8 Å². The van der Waals surface area contributed by atoms with Crippen LogP contribution in [0.15, 0.2) is 61.5 Å². The van der Waals surface area contributed by atoms with Crippen molar-refractivity contribution in [3.8, 4) is 23.1 Å². The number of fused-ring (bicyclic) bond motifs is 1. The maximum absolute atomic E-state index is 12.9. The van der Waals surface area contributed by atoms with Gasteiger partial charge in [0.25, 0.3) is 0 Å². The highest BCUT2D eigenvalue weighted by atomic mass is 19.1. The Kier molecular flexibility index (Phi) is 5.24. The molecule has 9 heteroatoms. The molecule has 1 aliphatic rings. The quantitative estimate of drug-likeness (QED) is 0.475. The van der Waals surface area contributed by atoms with Crippen molar-refractivity contribution < 1.29 is 14.2 Å². The lowest BCUT2D eigenvalue weighted by molar-refractivity contribution is 0.0708. The number of benzene rings is 1. The number of nitrogens with zero attached hydrogens (tertiary/aromatic N) is 6. The van der Waals surface area contributed by atoms with Gasteiger partial charge in [-0.15, -0.1) is 0 Å². The first kappa shape index (κ1) is 20.1. The minimum Gasteiger partial charge on any atom is -0.508 e. The summed E-state index contributed by atoms with van der Waals surface area (Å²) in [6.45, 7) is 4.56. The Morgan fingerprint density at radius 3 is 2.69 bits per heavy atom. The van der Waals surface area contributed by atoms with E-state index in [9.17, 15) is 9.50 Å². The van der Waals surface area contributed by atoms with Crippen LogP contribution in [0.3, 0.4) is 0 Å². The second kappa shape index (κ2) is 8.35. The molecule has 162 valence electrons. The second-order valence-electron chi connectivity index (χ2n) is 7.56. The van der Waals surface area contributed by atoms with Crippen molar-refractivity contribution >= 4 is 17.2 Å². The molecule has 0 bridgehead atoms. The molecule has 1 aliphatic heterocycles. The first-order chi connectivity index (χ1) is 15.6. The Hall–Kier alpha value is -3.85. The van der Waals surface area contributed by atoms with Crippen LogP contribution in [0.1, 0.15) is 24.6 Å². The number of halogens is 1. The summed E-state index contributed by atoms with van der Waals surface area (Å²) < 4.78 is 22.3. The highest BCUT2D eigenvalue weighted by molar-refractivity contribution is 5.77. The highest BCUT2D eigenvalue weighted by Crippen LogP contribution is 2.32. The average Bonchev–Trinajstić information content (AvgIpc) is 3.43. The number of phenolic OH excluding ortho intramolecular Hbond substituents is 1. The number of ether oxygens (including phenoxy) is 1. The van der Waals surface area contributed by atoms with E-state index < -0.39 is 5.83 Å². The molecule has 4 heterocycles. The maximum atomic E-state index is 12.9. The number of aromatic nitrogens is 6. The summed E-state index contributed by atoms with van der Waals surface area (Å²) in [6.07, 6.45) is 9.48. The number of imidazole rings is 2. The third kappa shape index (κ3) is 3.90. The minimum atomic E-state index is -0.542. The Morgan fingerprint density at radius 2 is 1.94 bits per heavy atom. The zero-order valence-electron chi connectivity index (χ0n) is 17.2. The molecule has 1 aromatic carbocycles. The number of phenols is 1. The van der Waals surface area contributed by atoms with Gasteiger partial charge in [0.1, 0.15) is 29.2 Å². The third-order valence-corrected chi connectivity index (χ3v) is 5.37. The van der Waals surface area contributed by atoms with Gasteiger partial charge in [0.05, 0.1) is 11.9 Å². The predicted octanol–water partition coefficient (Wildman–Crippen LogP) is 4.23. The lowest BCUT2D eigenvalue weighted by Crippen LogP contribution is -2.20. The topological polar surface area (TPSA) is 90.9 Å². The van der Waals surface area contributed by atoms with Gasteiger partial charge in [-0.2, -0.15) is 4.98 Å². The molecule has 4 aromatic rings. The van der Waals surface area contributed by atoms with E-state index in [0.717, 1.165) is 24.2 Å². The van der Waals surface area contributed by atoms with Gasteiger partial charge in [0, 0.05) is 31.0 Å². The molecule has 1 saturated heterocycles. The summed E-state index contributed by atoms with van der Waals surface area (Å²) in [7, 11) is 0. The first-order valence-corrected chi connectivity index (χ1v) is 10.3. The lowest BCUT2D eigenvalue weighted by Gasteiger charge is -2.25. The van der Waals surface area contributed by atoms with Gasteiger partial charge in [-0.3, -0.25) is 4.57 Å². The molecule has 0 unspecified atom stereocenters. The minimum absolute atomic E-state index is 0.178. The molecule has 1 fully saturated rings. The van der Waals surface area contributed by atoms with Gasteiger partial charge in [-0.1, -0.05) is 6.58 Å². The Balaban J connectivity index is 1.61. The van der Waals surface area contributed by atoms with Crippen LogP contribution in [0.5, 0.6) is 5.75 Å². The van der Waals surface area contributed by atoms with Crippen molar-refractivity contribution in [2.75, 3.05) is 13.2 Å². The van der Waals surface area contributed by atoms with Crippen molar-refractivity contribution in [2.24, 2.45) is 0 Å². The van der Waals surface area contributed by atoms with Crippen molar-refractivity contribution in [1.82, 2.24) is 29.1 Å². The van der Waals surface area contributed by atoms with Crippen LogP contribution >= 0.6 is 0 Å². The standard InChI is InChI=1S/C23H21FN6O2/c1-15(24)2-5-17-13-29(14-26-17)23-25-12-20-22(28-23)30(18-8-10-32-11-9-18)21(27-20)16-3-6-19(31)7-4-16/h2-7,12-14,18,31H,1,8-11H2/b5-2-. The largest absolute Gasteiger partial charge is 0.508 e. The number of allylic oxidation sites excluding steroid dienone is 2. The molecular formula is C23H21FN6O2. The molecular weight excluding hydrogens is 411 g/mol. The molecule has 0 radical (unpaired) electrons. The molecule has 8 nitrogen and oxygen atoms in total. The van der Waals surface area contributed by atoms with E-state index in [1.54, 1.807) is 35.4 Å². The van der Waals surface area contributed by atoms with Crippen LogP contribution in [-0.2, 0) is 4.74 Å². The van der Waals surface area contributed by atoms with Crippen molar-refractivity contribution in [3.63, 3.8) is 0 Å². The Morgan fingerprint density at radius 1 is 1.16 bits per heavy atom. The van der Waals surface area contributed by atoms with Crippen LogP contribution < -0.4 is 0 Å². The number of hydrogen-bond acceptors (Lipinski definition) is 6. The predicted molar refractivity (Wildman–Crippen MR) is 118 cm³/mol. The van der Waals surface area contributed by atoms with Gasteiger partial charge >= 0.3 is 0 Å². The summed E-state index contributed by atoms with van der Waals surface area (Å²) in [5.74, 6) is 0.869. The van der Waals surface area contributed by atoms with Gasteiger partial charge in [-0.25, -0.2) is 19.3 Å². The van der Waals surface area contributed by atoms with Crippen molar-refractivity contribution in [1.29, 1.82) is 0 Å². The third-order valence-electron chi connectivity index (χ3n) is 5.37. The van der Waals surface area contributed by atoms with Crippen LogP contribution in [0, 0.1) is 0 Å². The Bertz CT molecular complexity index is 1300. The average molecular weight is 432 g/mol.